The summed E-state index contributed by atoms with van der Waals surface area (Å²) < 4.78 is 0. The highest BCUT2D eigenvalue weighted by atomic mass is 32.2. The Bertz CT molecular complexity index is 832. The van der Waals surface area contributed by atoms with E-state index >= 15 is 0 Å². The Kier molecular flexibility index (Phi) is 8.10. The molecule has 2 N–H and O–H groups in total. The number of rotatable bonds is 9. The zero-order valence-electron chi connectivity index (χ0n) is 18.6. The molecule has 0 atom stereocenters. The molecule has 162 valence electrons. The number of carbonyl (C=O) groups excluding carboxylic acids is 1. The number of quaternary nitrogens is 1. The van der Waals surface area contributed by atoms with E-state index in [1.54, 1.807) is 11.8 Å². The molecule has 1 amide bonds. The SMILES string of the molecule is CC(C)c1cc(N2CCCC2)nc(SCc2ccc(C(=O)NCC[NH+](C)C)cc2)n1. The molecule has 0 aliphatic carbocycles. The van der Waals surface area contributed by atoms with Crippen molar-refractivity contribution < 1.29 is 9.69 Å². The number of nitrogens with one attached hydrogen (secondary N) is 2. The van der Waals surface area contributed by atoms with Gasteiger partial charge in [0, 0.05) is 36.2 Å². The minimum absolute atomic E-state index is 0.0151. The number of aromatic nitrogens is 2. The summed E-state index contributed by atoms with van der Waals surface area (Å²) in [5.74, 6) is 2.20. The summed E-state index contributed by atoms with van der Waals surface area (Å²) in [7, 11) is 4.15. The number of likely N-dealkylation sites (N-methyl/N-ethyl adjacent to an activating group) is 1. The summed E-state index contributed by atoms with van der Waals surface area (Å²) >= 11 is 1.66. The highest BCUT2D eigenvalue weighted by Gasteiger charge is 2.17. The first-order valence-corrected chi connectivity index (χ1v) is 11.8. The lowest BCUT2D eigenvalue weighted by atomic mass is 10.1. The third-order valence-corrected chi connectivity index (χ3v) is 6.15. The molecular formula is C23H34N5OS+. The van der Waals surface area contributed by atoms with Crippen molar-refractivity contribution in [3.05, 3.63) is 47.2 Å². The van der Waals surface area contributed by atoms with Crippen LogP contribution in [0.2, 0.25) is 0 Å². The van der Waals surface area contributed by atoms with Gasteiger partial charge in [-0.2, -0.15) is 0 Å². The average Bonchev–Trinajstić information content (AvgIpc) is 3.27. The van der Waals surface area contributed by atoms with Crippen molar-refractivity contribution in [1.82, 2.24) is 15.3 Å². The van der Waals surface area contributed by atoms with Crippen LogP contribution in [0, 0.1) is 0 Å². The van der Waals surface area contributed by atoms with Gasteiger partial charge in [0.05, 0.1) is 27.2 Å². The van der Waals surface area contributed by atoms with Crippen LogP contribution in [0.3, 0.4) is 0 Å². The van der Waals surface area contributed by atoms with E-state index in [-0.39, 0.29) is 5.91 Å². The Balaban J connectivity index is 1.61. The van der Waals surface area contributed by atoms with Crippen LogP contribution in [0.15, 0.2) is 35.5 Å². The van der Waals surface area contributed by atoms with E-state index < -0.39 is 0 Å². The van der Waals surface area contributed by atoms with E-state index in [0.717, 1.165) is 47.6 Å². The molecule has 1 aliphatic rings. The van der Waals surface area contributed by atoms with E-state index in [9.17, 15) is 4.79 Å². The van der Waals surface area contributed by atoms with Gasteiger partial charge in [-0.3, -0.25) is 4.79 Å². The summed E-state index contributed by atoms with van der Waals surface area (Å²) in [6.07, 6.45) is 2.47. The molecule has 1 aromatic heterocycles. The summed E-state index contributed by atoms with van der Waals surface area (Å²) in [6, 6.07) is 9.98. The topological polar surface area (TPSA) is 62.6 Å². The monoisotopic (exact) mass is 428 g/mol. The summed E-state index contributed by atoms with van der Waals surface area (Å²) in [5.41, 5.74) is 2.96. The van der Waals surface area contributed by atoms with Gasteiger partial charge in [-0.25, -0.2) is 9.97 Å². The Morgan fingerprint density at radius 2 is 1.87 bits per heavy atom. The molecule has 0 spiro atoms. The van der Waals surface area contributed by atoms with Gasteiger partial charge in [-0.1, -0.05) is 37.7 Å². The molecule has 6 nitrogen and oxygen atoms in total. The van der Waals surface area contributed by atoms with Crippen molar-refractivity contribution in [3.8, 4) is 0 Å². The standard InChI is InChI=1S/C23H33N5OS/c1-17(2)20-15-21(28-12-5-6-13-28)26-23(25-20)30-16-18-7-9-19(10-8-18)22(29)24-11-14-27(3)4/h7-10,15,17H,5-6,11-14,16H2,1-4H3,(H,24,29)/p+1. The Hall–Kier alpha value is -2.12. The molecule has 30 heavy (non-hydrogen) atoms. The van der Waals surface area contributed by atoms with Gasteiger partial charge in [0.1, 0.15) is 5.82 Å². The van der Waals surface area contributed by atoms with Crippen molar-refractivity contribution in [2.45, 2.75) is 43.5 Å². The van der Waals surface area contributed by atoms with Crippen molar-refractivity contribution in [3.63, 3.8) is 0 Å². The second-order valence-electron chi connectivity index (χ2n) is 8.48. The number of anilines is 1. The zero-order valence-corrected chi connectivity index (χ0v) is 19.4. The fourth-order valence-electron chi connectivity index (χ4n) is 3.33. The predicted molar refractivity (Wildman–Crippen MR) is 124 cm³/mol. The van der Waals surface area contributed by atoms with Crippen LogP contribution >= 0.6 is 11.8 Å². The first-order chi connectivity index (χ1) is 14.4. The summed E-state index contributed by atoms with van der Waals surface area (Å²) in [4.78, 5) is 25.5. The van der Waals surface area contributed by atoms with Crippen LogP contribution in [0.5, 0.6) is 0 Å². The van der Waals surface area contributed by atoms with E-state index in [0.29, 0.717) is 18.0 Å². The van der Waals surface area contributed by atoms with Crippen LogP contribution in [0.1, 0.15) is 54.2 Å². The molecule has 2 heterocycles. The minimum atomic E-state index is -0.0151. The molecule has 3 rings (SSSR count). The van der Waals surface area contributed by atoms with E-state index in [2.05, 4.69) is 44.2 Å². The molecule has 7 heteroatoms. The third-order valence-electron chi connectivity index (χ3n) is 5.23. The smallest absolute Gasteiger partial charge is 0.251 e. The van der Waals surface area contributed by atoms with Crippen LogP contribution in [-0.2, 0) is 5.75 Å². The molecule has 1 saturated heterocycles. The van der Waals surface area contributed by atoms with Crippen LogP contribution in [-0.4, -0.2) is 56.1 Å². The number of benzene rings is 1. The maximum atomic E-state index is 12.2. The zero-order chi connectivity index (χ0) is 21.5. The van der Waals surface area contributed by atoms with Gasteiger partial charge in [0.2, 0.25) is 0 Å². The Morgan fingerprint density at radius 3 is 2.50 bits per heavy atom. The van der Waals surface area contributed by atoms with Crippen LogP contribution in [0.4, 0.5) is 5.82 Å². The van der Waals surface area contributed by atoms with Crippen molar-refractivity contribution >= 4 is 23.5 Å². The van der Waals surface area contributed by atoms with Gasteiger partial charge in [-0.15, -0.1) is 0 Å². The van der Waals surface area contributed by atoms with Gasteiger partial charge in [-0.05, 0) is 36.5 Å². The van der Waals surface area contributed by atoms with E-state index in [4.69, 9.17) is 9.97 Å². The number of nitrogens with zero attached hydrogens (tertiary/aromatic N) is 3. The number of carbonyl (C=O) groups is 1. The van der Waals surface area contributed by atoms with Crippen molar-refractivity contribution in [2.24, 2.45) is 0 Å². The Morgan fingerprint density at radius 1 is 1.17 bits per heavy atom. The van der Waals surface area contributed by atoms with Crippen molar-refractivity contribution in [2.75, 3.05) is 45.2 Å². The maximum Gasteiger partial charge on any atom is 0.251 e. The average molecular weight is 429 g/mol. The molecule has 1 fully saturated rings. The van der Waals surface area contributed by atoms with Gasteiger partial charge < -0.3 is 15.1 Å². The molecule has 1 aromatic carbocycles. The molecular weight excluding hydrogens is 394 g/mol. The van der Waals surface area contributed by atoms with E-state index in [1.165, 1.54) is 17.7 Å². The first-order valence-electron chi connectivity index (χ1n) is 10.9. The predicted octanol–water partition coefficient (Wildman–Crippen LogP) is 2.37. The largest absolute Gasteiger partial charge is 0.356 e. The minimum Gasteiger partial charge on any atom is -0.356 e. The number of amides is 1. The molecule has 1 aliphatic heterocycles. The fourth-order valence-corrected chi connectivity index (χ4v) is 4.14. The molecule has 2 aromatic rings. The number of hydrogen-bond donors (Lipinski definition) is 2. The highest BCUT2D eigenvalue weighted by Crippen LogP contribution is 2.27. The molecule has 0 bridgehead atoms. The quantitative estimate of drug-likeness (QED) is 0.474. The number of hydrogen-bond acceptors (Lipinski definition) is 5. The Labute approximate surface area is 184 Å². The number of thioether (sulfide) groups is 1. The van der Waals surface area contributed by atoms with E-state index in [1.807, 2.05) is 24.3 Å². The maximum absolute atomic E-state index is 12.2. The fraction of sp³-hybridized carbons (Fsp3) is 0.522. The third kappa shape index (κ3) is 6.44. The highest BCUT2D eigenvalue weighted by molar-refractivity contribution is 7.98. The normalized spacial score (nSPS) is 14.0. The molecule has 0 saturated carbocycles. The van der Waals surface area contributed by atoms with Crippen LogP contribution in [0.25, 0.3) is 0 Å². The second-order valence-corrected chi connectivity index (χ2v) is 9.42. The molecule has 0 unspecified atom stereocenters. The first kappa shape index (κ1) is 22.6. The lowest BCUT2D eigenvalue weighted by molar-refractivity contribution is -0.856. The second kappa shape index (κ2) is 10.8. The van der Waals surface area contributed by atoms with Crippen LogP contribution < -0.4 is 15.1 Å². The van der Waals surface area contributed by atoms with Gasteiger partial charge >= 0.3 is 0 Å². The van der Waals surface area contributed by atoms with Gasteiger partial charge in [0.15, 0.2) is 5.16 Å². The van der Waals surface area contributed by atoms with Crippen molar-refractivity contribution in [1.29, 1.82) is 0 Å². The summed E-state index contributed by atoms with van der Waals surface area (Å²) in [5, 5.41) is 3.80. The molecule has 0 radical (unpaired) electrons. The lowest BCUT2D eigenvalue weighted by Gasteiger charge is -2.18. The lowest BCUT2D eigenvalue weighted by Crippen LogP contribution is -3.06. The van der Waals surface area contributed by atoms with Gasteiger partial charge in [0.25, 0.3) is 5.91 Å². The summed E-state index contributed by atoms with van der Waals surface area (Å²) in [6.45, 7) is 8.11.